The van der Waals surface area contributed by atoms with Gasteiger partial charge in [0, 0.05) is 26.1 Å². The van der Waals surface area contributed by atoms with Crippen molar-refractivity contribution in [2.45, 2.75) is 63.1 Å². The van der Waals surface area contributed by atoms with Gasteiger partial charge in [0.25, 0.3) is 0 Å². The van der Waals surface area contributed by atoms with Gasteiger partial charge in [-0.15, -0.1) is 0 Å². The molecular formula is C22H37IN7O15P3. The van der Waals surface area contributed by atoms with Gasteiger partial charge in [0.1, 0.15) is 24.6 Å². The highest BCUT2D eigenvalue weighted by Gasteiger charge is 2.47. The minimum absolute atomic E-state index is 0.0128. The summed E-state index contributed by atoms with van der Waals surface area (Å²) in [7, 11) is -16.8. The number of nitrogens with zero attached hydrogens (tertiary/aromatic N) is 4. The lowest BCUT2D eigenvalue weighted by Crippen LogP contribution is -2.33. The fourth-order valence-electron chi connectivity index (χ4n) is 4.39. The summed E-state index contributed by atoms with van der Waals surface area (Å²) in [6.45, 7) is 0.473. The smallest absolute Gasteiger partial charge is 0.387 e. The molecule has 0 aliphatic carbocycles. The number of nitrogens with one attached hydrogen (secondary N) is 3. The van der Waals surface area contributed by atoms with E-state index in [1.54, 1.807) is 0 Å². The average Bonchev–Trinajstić information content (AvgIpc) is 3.54. The predicted molar refractivity (Wildman–Crippen MR) is 172 cm³/mol. The summed E-state index contributed by atoms with van der Waals surface area (Å²) in [5.41, 5.74) is 0.454. The molecule has 2 aromatic rings. The highest BCUT2D eigenvalue weighted by atomic mass is 127. The van der Waals surface area contributed by atoms with E-state index in [0.717, 1.165) is 25.7 Å². The number of hydrogen-bond acceptors (Lipinski definition) is 15. The molecule has 6 atom stereocenters. The zero-order valence-electron chi connectivity index (χ0n) is 25.1. The van der Waals surface area contributed by atoms with Crippen LogP contribution >= 0.6 is 46.1 Å². The molecule has 3 heterocycles. The van der Waals surface area contributed by atoms with E-state index in [1.807, 2.05) is 22.6 Å². The van der Waals surface area contributed by atoms with E-state index in [0.29, 0.717) is 42.7 Å². The van der Waals surface area contributed by atoms with Gasteiger partial charge in [0.15, 0.2) is 23.2 Å². The van der Waals surface area contributed by atoms with Crippen molar-refractivity contribution in [3.8, 4) is 0 Å². The minimum atomic E-state index is -5.75. The number of hydrogen-bond donors (Lipinski definition) is 9. The standard InChI is InChI=1S/C22H37IN7O15P3/c23-10-16(32)25-7-4-2-1-3-6-15(31)24-8-5-9-26-20-17-21(28-12-27-20)30(13-29-17)22-19(34)18(33)14(43-22)11-42-47(38,39)45-48(40,41)44-46(35,36)37/h12-14,18-19,22,33-34H,1-11H2,(H,24,31)(H,25,32)(H,38,39)(H,40,41)(H,26,27,28)(H2,35,36,37)/t14-,18-,19-,22-/m1/s1. The van der Waals surface area contributed by atoms with Crippen molar-refractivity contribution in [2.24, 2.45) is 0 Å². The molecule has 3 rings (SSSR count). The second kappa shape index (κ2) is 18.5. The zero-order valence-corrected chi connectivity index (χ0v) is 29.9. The molecule has 9 N–H and O–H groups in total. The molecule has 272 valence electrons. The number of unbranched alkanes of at least 4 members (excludes halogenated alkanes) is 3. The highest BCUT2D eigenvalue weighted by Crippen LogP contribution is 2.66. The lowest BCUT2D eigenvalue weighted by Gasteiger charge is -2.19. The number of aromatic nitrogens is 4. The number of phosphoric acid groups is 3. The Kier molecular flexibility index (Phi) is 15.7. The van der Waals surface area contributed by atoms with Crippen molar-refractivity contribution in [1.29, 1.82) is 0 Å². The van der Waals surface area contributed by atoms with Crippen LogP contribution < -0.4 is 16.0 Å². The molecule has 22 nitrogen and oxygen atoms in total. The predicted octanol–water partition coefficient (Wildman–Crippen LogP) is 0.209. The molecule has 1 saturated heterocycles. The normalized spacial score (nSPS) is 22.2. The van der Waals surface area contributed by atoms with Gasteiger partial charge in [0.05, 0.1) is 17.4 Å². The van der Waals surface area contributed by atoms with Crippen molar-refractivity contribution >= 4 is 74.9 Å². The number of anilines is 1. The SMILES string of the molecule is O=C(CI)NCCCCCCC(=O)NCCCNc1ncnc2c1ncn2[C@@H]1O[C@H](COP(=O)(O)OP(=O)(O)OP(=O)(O)O)[C@@H](O)[C@H]1O. The molecule has 2 unspecified atom stereocenters. The summed E-state index contributed by atoms with van der Waals surface area (Å²) in [6, 6.07) is 0. The highest BCUT2D eigenvalue weighted by molar-refractivity contribution is 14.1. The third-order valence-electron chi connectivity index (χ3n) is 6.53. The first-order valence-electron chi connectivity index (χ1n) is 14.3. The van der Waals surface area contributed by atoms with Gasteiger partial charge in [-0.2, -0.15) is 8.62 Å². The van der Waals surface area contributed by atoms with Crippen LogP contribution in [0.15, 0.2) is 12.7 Å². The Bertz CT molecular complexity index is 1530. The van der Waals surface area contributed by atoms with Gasteiger partial charge in [-0.1, -0.05) is 35.4 Å². The van der Waals surface area contributed by atoms with Crippen molar-refractivity contribution in [1.82, 2.24) is 30.2 Å². The number of aliphatic hydroxyl groups is 2. The molecule has 0 aromatic carbocycles. The van der Waals surface area contributed by atoms with Crippen LogP contribution in [0.2, 0.25) is 0 Å². The van der Waals surface area contributed by atoms with Gasteiger partial charge in [0.2, 0.25) is 11.8 Å². The Morgan fingerprint density at radius 2 is 1.56 bits per heavy atom. The van der Waals surface area contributed by atoms with Crippen LogP contribution in [0.1, 0.15) is 44.8 Å². The Morgan fingerprint density at radius 1 is 0.875 bits per heavy atom. The second-order valence-electron chi connectivity index (χ2n) is 10.3. The molecule has 0 spiro atoms. The number of phosphoric ester groups is 1. The van der Waals surface area contributed by atoms with Crippen LogP contribution in [0, 0.1) is 0 Å². The summed E-state index contributed by atoms with van der Waals surface area (Å²) < 4.78 is 53.4. The first kappa shape index (κ1) is 40.7. The lowest BCUT2D eigenvalue weighted by molar-refractivity contribution is -0.121. The van der Waals surface area contributed by atoms with Crippen LogP contribution in [0.25, 0.3) is 11.2 Å². The maximum absolute atomic E-state index is 12.1. The number of carbonyl (C=O) groups excluding carboxylic acids is 2. The van der Waals surface area contributed by atoms with Gasteiger partial charge in [-0.3, -0.25) is 18.7 Å². The van der Waals surface area contributed by atoms with Gasteiger partial charge < -0.3 is 50.5 Å². The van der Waals surface area contributed by atoms with Gasteiger partial charge in [-0.25, -0.2) is 28.6 Å². The van der Waals surface area contributed by atoms with Crippen LogP contribution in [0.5, 0.6) is 0 Å². The molecule has 48 heavy (non-hydrogen) atoms. The van der Waals surface area contributed by atoms with E-state index in [1.165, 1.54) is 17.2 Å². The molecule has 1 aliphatic rings. The molecule has 1 aliphatic heterocycles. The van der Waals surface area contributed by atoms with E-state index >= 15 is 0 Å². The monoisotopic (exact) mass is 859 g/mol. The van der Waals surface area contributed by atoms with Crippen molar-refractivity contribution in [2.75, 3.05) is 36.0 Å². The summed E-state index contributed by atoms with van der Waals surface area (Å²) in [6.07, 6.45) is 0.654. The maximum atomic E-state index is 12.1. The van der Waals surface area contributed by atoms with Crippen molar-refractivity contribution < 1.29 is 71.0 Å². The lowest BCUT2D eigenvalue weighted by atomic mass is 10.1. The Morgan fingerprint density at radius 3 is 2.27 bits per heavy atom. The number of ether oxygens (including phenoxy) is 1. The van der Waals surface area contributed by atoms with Crippen LogP contribution in [-0.4, -0.2) is 110 Å². The number of halogens is 1. The number of alkyl halides is 1. The molecule has 26 heteroatoms. The number of aliphatic hydroxyl groups excluding tert-OH is 2. The summed E-state index contributed by atoms with van der Waals surface area (Å²) >= 11 is 2.00. The molecule has 1 fully saturated rings. The zero-order chi connectivity index (χ0) is 35.5. The van der Waals surface area contributed by atoms with E-state index in [9.17, 15) is 43.3 Å². The van der Waals surface area contributed by atoms with Crippen molar-refractivity contribution in [3.05, 3.63) is 12.7 Å². The number of fused-ring (bicyclic) bond motifs is 1. The fourth-order valence-corrected chi connectivity index (χ4v) is 7.69. The summed E-state index contributed by atoms with van der Waals surface area (Å²) in [4.78, 5) is 72.0. The van der Waals surface area contributed by atoms with Gasteiger partial charge in [-0.05, 0) is 19.3 Å². The van der Waals surface area contributed by atoms with E-state index in [2.05, 4.69) is 44.0 Å². The Labute approximate surface area is 286 Å². The summed E-state index contributed by atoms with van der Waals surface area (Å²) in [5, 5.41) is 29.8. The molecule has 0 radical (unpaired) electrons. The number of rotatable bonds is 21. The molecular weight excluding hydrogens is 822 g/mol. The number of amides is 2. The van der Waals surface area contributed by atoms with E-state index in [4.69, 9.17) is 14.5 Å². The van der Waals surface area contributed by atoms with Crippen LogP contribution in [0.3, 0.4) is 0 Å². The Balaban J connectivity index is 1.45. The van der Waals surface area contributed by atoms with Crippen LogP contribution in [0.4, 0.5) is 5.82 Å². The van der Waals surface area contributed by atoms with E-state index in [-0.39, 0.29) is 23.0 Å². The van der Waals surface area contributed by atoms with Gasteiger partial charge >= 0.3 is 23.5 Å². The average molecular weight is 859 g/mol. The molecule has 0 saturated carbocycles. The summed E-state index contributed by atoms with van der Waals surface area (Å²) in [5.74, 6) is 0.282. The first-order chi connectivity index (χ1) is 22.5. The molecule has 0 bridgehead atoms. The Hall–Kier alpha value is -1.69. The number of carbonyl (C=O) groups is 2. The number of imidazole rings is 1. The van der Waals surface area contributed by atoms with Crippen molar-refractivity contribution in [3.63, 3.8) is 0 Å². The third kappa shape index (κ3) is 13.2. The fraction of sp³-hybridized carbons (Fsp3) is 0.682. The second-order valence-corrected chi connectivity index (χ2v) is 15.4. The molecule has 2 amide bonds. The topological polar surface area (TPSA) is 323 Å². The largest absolute Gasteiger partial charge is 0.490 e. The minimum Gasteiger partial charge on any atom is -0.387 e. The first-order valence-corrected chi connectivity index (χ1v) is 20.4. The third-order valence-corrected chi connectivity index (χ3v) is 11.0. The van der Waals surface area contributed by atoms with Crippen LogP contribution in [-0.2, 0) is 41.2 Å². The van der Waals surface area contributed by atoms with E-state index < -0.39 is 54.6 Å². The molecule has 2 aromatic heterocycles. The maximum Gasteiger partial charge on any atom is 0.490 e. The quantitative estimate of drug-likeness (QED) is 0.0351.